The lowest BCUT2D eigenvalue weighted by Gasteiger charge is -2.16. The molecule has 0 aliphatic heterocycles. The topological polar surface area (TPSA) is 54.9 Å². The maximum atomic E-state index is 6.32. The summed E-state index contributed by atoms with van der Waals surface area (Å²) in [6.45, 7) is 6.04. The van der Waals surface area contributed by atoms with Gasteiger partial charge in [0.25, 0.3) is 0 Å². The van der Waals surface area contributed by atoms with Crippen molar-refractivity contribution >= 4 is 28.9 Å². The summed E-state index contributed by atoms with van der Waals surface area (Å²) in [5, 5.41) is 9.30. The number of rotatable bonds is 8. The molecule has 5 nitrogen and oxygen atoms in total. The van der Waals surface area contributed by atoms with E-state index in [4.69, 9.17) is 21.1 Å². The van der Waals surface area contributed by atoms with Crippen LogP contribution < -0.4 is 20.1 Å². The van der Waals surface area contributed by atoms with Crippen molar-refractivity contribution < 1.29 is 9.47 Å². The van der Waals surface area contributed by atoms with Crippen molar-refractivity contribution in [1.29, 1.82) is 0 Å². The standard InChI is InChI=1S/C19H26ClN3O2S/c1-5-25-18-15(20)9-14(10-16(18)24-4)12-23-19(21-3)22-11-13(2)17-7-6-8-26-17/h6-10,13H,5,11-12H2,1-4H3,(H2,21,22,23). The second-order valence-electron chi connectivity index (χ2n) is 5.77. The molecule has 7 heteroatoms. The second-order valence-corrected chi connectivity index (χ2v) is 7.15. The highest BCUT2D eigenvalue weighted by atomic mass is 35.5. The minimum absolute atomic E-state index is 0.425. The van der Waals surface area contributed by atoms with Gasteiger partial charge >= 0.3 is 0 Å². The van der Waals surface area contributed by atoms with Crippen molar-refractivity contribution in [3.05, 3.63) is 45.1 Å². The fourth-order valence-electron chi connectivity index (χ4n) is 2.49. The van der Waals surface area contributed by atoms with E-state index in [0.29, 0.717) is 35.6 Å². The van der Waals surface area contributed by atoms with Gasteiger partial charge in [-0.1, -0.05) is 24.6 Å². The van der Waals surface area contributed by atoms with Crippen LogP contribution in [0.3, 0.4) is 0 Å². The predicted molar refractivity (Wildman–Crippen MR) is 110 cm³/mol. The molecule has 2 N–H and O–H groups in total. The molecule has 0 fully saturated rings. The molecule has 0 amide bonds. The maximum absolute atomic E-state index is 6.32. The molecule has 2 rings (SSSR count). The third-order valence-corrected chi connectivity index (χ3v) is 5.25. The fraction of sp³-hybridized carbons (Fsp3) is 0.421. The molecule has 2 aromatic rings. The Hall–Kier alpha value is -1.92. The number of guanidine groups is 1. The van der Waals surface area contributed by atoms with Gasteiger partial charge in [-0.2, -0.15) is 0 Å². The van der Waals surface area contributed by atoms with Gasteiger partial charge in [-0.05, 0) is 36.1 Å². The maximum Gasteiger partial charge on any atom is 0.191 e. The smallest absolute Gasteiger partial charge is 0.191 e. The zero-order valence-electron chi connectivity index (χ0n) is 15.6. The lowest BCUT2D eigenvalue weighted by atomic mass is 10.1. The van der Waals surface area contributed by atoms with Crippen LogP contribution in [0.2, 0.25) is 5.02 Å². The van der Waals surface area contributed by atoms with Gasteiger partial charge in [0, 0.05) is 30.9 Å². The van der Waals surface area contributed by atoms with E-state index in [1.807, 2.05) is 19.1 Å². The number of benzene rings is 1. The molecule has 142 valence electrons. The van der Waals surface area contributed by atoms with Crippen molar-refractivity contribution in [1.82, 2.24) is 10.6 Å². The molecule has 0 aliphatic carbocycles. The molecule has 0 bridgehead atoms. The average Bonchev–Trinajstić information content (AvgIpc) is 3.18. The molecule has 0 spiro atoms. The van der Waals surface area contributed by atoms with Crippen LogP contribution >= 0.6 is 22.9 Å². The second kappa shape index (κ2) is 10.3. The molecule has 0 saturated carbocycles. The number of nitrogens with one attached hydrogen (secondary N) is 2. The van der Waals surface area contributed by atoms with E-state index in [1.165, 1.54) is 4.88 Å². The van der Waals surface area contributed by atoms with Gasteiger partial charge in [-0.15, -0.1) is 11.3 Å². The van der Waals surface area contributed by atoms with Crippen LogP contribution in [0.5, 0.6) is 11.5 Å². The molecule has 26 heavy (non-hydrogen) atoms. The first-order valence-electron chi connectivity index (χ1n) is 8.56. The van der Waals surface area contributed by atoms with Crippen molar-refractivity contribution in [2.45, 2.75) is 26.3 Å². The van der Waals surface area contributed by atoms with Crippen molar-refractivity contribution in [3.8, 4) is 11.5 Å². The molecule has 1 atom stereocenters. The van der Waals surface area contributed by atoms with Crippen LogP contribution in [0.4, 0.5) is 0 Å². The number of nitrogens with zero attached hydrogens (tertiary/aromatic N) is 1. The summed E-state index contributed by atoms with van der Waals surface area (Å²) >= 11 is 8.09. The summed E-state index contributed by atoms with van der Waals surface area (Å²) in [4.78, 5) is 5.63. The number of hydrogen-bond donors (Lipinski definition) is 2. The Morgan fingerprint density at radius 3 is 2.77 bits per heavy atom. The highest BCUT2D eigenvalue weighted by Gasteiger charge is 2.12. The summed E-state index contributed by atoms with van der Waals surface area (Å²) in [7, 11) is 3.37. The average molecular weight is 396 g/mol. The molecule has 1 unspecified atom stereocenters. The first-order chi connectivity index (χ1) is 12.6. The van der Waals surface area contributed by atoms with Gasteiger partial charge in [0.1, 0.15) is 0 Å². The zero-order chi connectivity index (χ0) is 18.9. The third kappa shape index (κ3) is 5.54. The molecule has 1 aromatic carbocycles. The van der Waals surface area contributed by atoms with E-state index >= 15 is 0 Å². The Balaban J connectivity index is 1.94. The molecular formula is C19H26ClN3O2S. The molecule has 0 aliphatic rings. The number of hydrogen-bond acceptors (Lipinski definition) is 4. The Kier molecular flexibility index (Phi) is 8.06. The fourth-order valence-corrected chi connectivity index (χ4v) is 3.56. The summed E-state index contributed by atoms with van der Waals surface area (Å²) < 4.78 is 10.9. The van der Waals surface area contributed by atoms with Gasteiger partial charge in [0.2, 0.25) is 0 Å². The van der Waals surface area contributed by atoms with Crippen LogP contribution in [0.1, 0.15) is 30.2 Å². The van der Waals surface area contributed by atoms with Gasteiger partial charge in [-0.3, -0.25) is 4.99 Å². The molecule has 0 saturated heterocycles. The number of thiophene rings is 1. The normalized spacial score (nSPS) is 12.6. The van der Waals surface area contributed by atoms with Gasteiger partial charge in [-0.25, -0.2) is 0 Å². The largest absolute Gasteiger partial charge is 0.493 e. The highest BCUT2D eigenvalue weighted by molar-refractivity contribution is 7.10. The van der Waals surface area contributed by atoms with Crippen molar-refractivity contribution in [3.63, 3.8) is 0 Å². The number of aliphatic imine (C=N–C) groups is 1. The Morgan fingerprint density at radius 2 is 2.15 bits per heavy atom. The lowest BCUT2D eigenvalue weighted by molar-refractivity contribution is 0.311. The Bertz CT molecular complexity index is 720. The van der Waals surface area contributed by atoms with Crippen LogP contribution in [-0.4, -0.2) is 33.3 Å². The monoisotopic (exact) mass is 395 g/mol. The van der Waals surface area contributed by atoms with E-state index in [2.05, 4.69) is 40.1 Å². The Morgan fingerprint density at radius 1 is 1.35 bits per heavy atom. The summed E-state index contributed by atoms with van der Waals surface area (Å²) in [5.74, 6) is 2.38. The molecule has 0 radical (unpaired) electrons. The molecular weight excluding hydrogens is 370 g/mol. The van der Waals surface area contributed by atoms with Crippen molar-refractivity contribution in [2.75, 3.05) is 27.3 Å². The number of methoxy groups -OCH3 is 1. The summed E-state index contributed by atoms with van der Waals surface area (Å²) in [6, 6.07) is 8.03. The van der Waals surface area contributed by atoms with E-state index < -0.39 is 0 Å². The van der Waals surface area contributed by atoms with E-state index in [-0.39, 0.29) is 0 Å². The first kappa shape index (κ1) is 20.4. The highest BCUT2D eigenvalue weighted by Crippen LogP contribution is 2.36. The third-order valence-electron chi connectivity index (χ3n) is 3.87. The van der Waals surface area contributed by atoms with Crippen molar-refractivity contribution in [2.24, 2.45) is 4.99 Å². The predicted octanol–water partition coefficient (Wildman–Crippen LogP) is 4.28. The van der Waals surface area contributed by atoms with Gasteiger partial charge in [0.15, 0.2) is 17.5 Å². The SMILES string of the molecule is CCOc1c(Cl)cc(CNC(=NC)NCC(C)c2cccs2)cc1OC. The van der Waals surface area contributed by atoms with Crippen LogP contribution in [0, 0.1) is 0 Å². The quantitative estimate of drug-likeness (QED) is 0.517. The van der Waals surface area contributed by atoms with Crippen LogP contribution in [-0.2, 0) is 6.54 Å². The Labute approximate surface area is 164 Å². The number of halogens is 1. The lowest BCUT2D eigenvalue weighted by Crippen LogP contribution is -2.38. The van der Waals surface area contributed by atoms with Gasteiger partial charge < -0.3 is 20.1 Å². The van der Waals surface area contributed by atoms with E-state index in [0.717, 1.165) is 18.1 Å². The zero-order valence-corrected chi connectivity index (χ0v) is 17.2. The molecule has 1 heterocycles. The van der Waals surface area contributed by atoms with Crippen LogP contribution in [0.15, 0.2) is 34.6 Å². The van der Waals surface area contributed by atoms with Gasteiger partial charge in [0.05, 0.1) is 18.7 Å². The van der Waals surface area contributed by atoms with E-state index in [1.54, 1.807) is 25.5 Å². The summed E-state index contributed by atoms with van der Waals surface area (Å²) in [5.41, 5.74) is 0.990. The minimum atomic E-state index is 0.425. The minimum Gasteiger partial charge on any atom is -0.493 e. The van der Waals surface area contributed by atoms with Crippen LogP contribution in [0.25, 0.3) is 0 Å². The first-order valence-corrected chi connectivity index (χ1v) is 9.81. The number of ether oxygens (including phenoxy) is 2. The summed E-state index contributed by atoms with van der Waals surface area (Å²) in [6.07, 6.45) is 0. The molecule has 1 aromatic heterocycles. The van der Waals surface area contributed by atoms with E-state index in [9.17, 15) is 0 Å².